The Hall–Kier alpha value is -2.25. The van der Waals surface area contributed by atoms with Crippen molar-refractivity contribution in [2.75, 3.05) is 20.2 Å². The number of halogens is 3. The molecule has 2 rings (SSSR count). The number of hydrogen-bond acceptors (Lipinski definition) is 3. The molecule has 0 aliphatic heterocycles. The summed E-state index contributed by atoms with van der Waals surface area (Å²) in [6.45, 7) is 0.727. The fourth-order valence-corrected chi connectivity index (χ4v) is 2.08. The van der Waals surface area contributed by atoms with Crippen molar-refractivity contribution in [1.82, 2.24) is 15.6 Å². The van der Waals surface area contributed by atoms with Gasteiger partial charge in [-0.2, -0.15) is 13.2 Å². The number of nitrogens with zero attached hydrogens (tertiary/aromatic N) is 2. The van der Waals surface area contributed by atoms with E-state index in [1.165, 1.54) is 6.07 Å². The summed E-state index contributed by atoms with van der Waals surface area (Å²) in [6.07, 6.45) is 2.53. The highest BCUT2D eigenvalue weighted by Crippen LogP contribution is 2.29. The number of hydrogen-bond donors (Lipinski definition) is 2. The van der Waals surface area contributed by atoms with E-state index in [4.69, 9.17) is 4.74 Å². The molecule has 0 saturated carbocycles. The van der Waals surface area contributed by atoms with E-state index in [9.17, 15) is 13.2 Å². The van der Waals surface area contributed by atoms with Crippen molar-refractivity contribution in [2.24, 2.45) is 4.99 Å². The van der Waals surface area contributed by atoms with E-state index in [1.807, 2.05) is 0 Å². The summed E-state index contributed by atoms with van der Waals surface area (Å²) in [5, 5.41) is 6.35. The maximum atomic E-state index is 12.4. The molecule has 2 N–H and O–H groups in total. The van der Waals surface area contributed by atoms with Gasteiger partial charge in [0.2, 0.25) is 5.88 Å². The van der Waals surface area contributed by atoms with Crippen molar-refractivity contribution in [1.29, 1.82) is 0 Å². The van der Waals surface area contributed by atoms with Crippen LogP contribution in [0.15, 0.2) is 35.5 Å². The first-order valence-electron chi connectivity index (χ1n) is 7.27. The van der Waals surface area contributed by atoms with Crippen LogP contribution in [0.3, 0.4) is 0 Å². The van der Waals surface area contributed by atoms with Crippen molar-refractivity contribution in [3.63, 3.8) is 0 Å². The van der Waals surface area contributed by atoms with Crippen LogP contribution < -0.4 is 15.4 Å². The molecule has 1 aliphatic rings. The van der Waals surface area contributed by atoms with E-state index in [1.54, 1.807) is 7.05 Å². The quantitative estimate of drug-likeness (QED) is 0.377. The zero-order valence-corrected chi connectivity index (χ0v) is 12.7. The maximum absolute atomic E-state index is 12.4. The summed E-state index contributed by atoms with van der Waals surface area (Å²) in [7, 11) is 1.68. The maximum Gasteiger partial charge on any atom is 0.417 e. The van der Waals surface area contributed by atoms with Gasteiger partial charge in [-0.25, -0.2) is 4.98 Å². The van der Waals surface area contributed by atoms with Gasteiger partial charge in [-0.15, -0.1) is 0 Å². The fraction of sp³-hybridized carbons (Fsp3) is 0.467. The van der Waals surface area contributed by atoms with Gasteiger partial charge in [0.1, 0.15) is 6.61 Å². The highest BCUT2D eigenvalue weighted by Gasteiger charge is 2.30. The van der Waals surface area contributed by atoms with Crippen molar-refractivity contribution in [3.8, 4) is 5.88 Å². The number of ether oxygens (including phenoxy) is 1. The summed E-state index contributed by atoms with van der Waals surface area (Å²) < 4.78 is 42.5. The number of pyridine rings is 1. The van der Waals surface area contributed by atoms with Gasteiger partial charge in [0.15, 0.2) is 5.96 Å². The zero-order valence-electron chi connectivity index (χ0n) is 12.7. The van der Waals surface area contributed by atoms with Gasteiger partial charge in [0, 0.05) is 25.4 Å². The van der Waals surface area contributed by atoms with E-state index < -0.39 is 11.7 Å². The van der Waals surface area contributed by atoms with E-state index in [-0.39, 0.29) is 12.5 Å². The molecule has 0 aromatic carbocycles. The van der Waals surface area contributed by atoms with Gasteiger partial charge in [0.25, 0.3) is 0 Å². The molecule has 23 heavy (non-hydrogen) atoms. The lowest BCUT2D eigenvalue weighted by Crippen LogP contribution is -2.43. The summed E-state index contributed by atoms with van der Waals surface area (Å²) in [5.41, 5.74) is -0.794. The van der Waals surface area contributed by atoms with Gasteiger partial charge in [-0.3, -0.25) is 4.99 Å². The Balaban J connectivity index is 1.70. The van der Waals surface area contributed by atoms with Crippen LogP contribution in [0.2, 0.25) is 0 Å². The van der Waals surface area contributed by atoms with Crippen molar-refractivity contribution in [3.05, 3.63) is 36.0 Å². The Morgan fingerprint density at radius 1 is 1.35 bits per heavy atom. The van der Waals surface area contributed by atoms with Crippen LogP contribution in [0.1, 0.15) is 18.4 Å². The summed E-state index contributed by atoms with van der Waals surface area (Å²) in [6, 6.07) is 2.50. The van der Waals surface area contributed by atoms with Crippen molar-refractivity contribution >= 4 is 5.96 Å². The van der Waals surface area contributed by atoms with Crippen LogP contribution in [0, 0.1) is 0 Å². The molecule has 1 aromatic rings. The molecule has 0 atom stereocenters. The Kier molecular flexibility index (Phi) is 5.84. The molecule has 0 fully saturated rings. The third-order valence-electron chi connectivity index (χ3n) is 3.28. The minimum absolute atomic E-state index is 0.155. The molecule has 126 valence electrons. The van der Waals surface area contributed by atoms with Crippen LogP contribution in [0.25, 0.3) is 0 Å². The normalized spacial score (nSPS) is 15.7. The second-order valence-corrected chi connectivity index (χ2v) is 5.01. The van der Waals surface area contributed by atoms with Gasteiger partial charge < -0.3 is 15.4 Å². The first-order chi connectivity index (χ1) is 11.0. The van der Waals surface area contributed by atoms with E-state index in [0.717, 1.165) is 25.1 Å². The molecular formula is C15H19F3N4O. The first-order valence-corrected chi connectivity index (χ1v) is 7.27. The van der Waals surface area contributed by atoms with Gasteiger partial charge in [-0.05, 0) is 18.9 Å². The van der Waals surface area contributed by atoms with E-state index >= 15 is 0 Å². The first kappa shape index (κ1) is 17.1. The number of aromatic nitrogens is 1. The second-order valence-electron chi connectivity index (χ2n) is 5.01. The fourth-order valence-electron chi connectivity index (χ4n) is 2.08. The molecule has 0 bridgehead atoms. The lowest BCUT2D eigenvalue weighted by atomic mass is 10.2. The van der Waals surface area contributed by atoms with Crippen molar-refractivity contribution < 1.29 is 17.9 Å². The van der Waals surface area contributed by atoms with Gasteiger partial charge in [-0.1, -0.05) is 12.2 Å². The van der Waals surface area contributed by atoms with Gasteiger partial charge >= 0.3 is 6.18 Å². The molecule has 0 radical (unpaired) electrons. The van der Waals surface area contributed by atoms with Crippen LogP contribution >= 0.6 is 0 Å². The van der Waals surface area contributed by atoms with Gasteiger partial charge in [0.05, 0.1) is 12.1 Å². The predicted octanol–water partition coefficient (Wildman–Crippen LogP) is 2.36. The average Bonchev–Trinajstić information content (AvgIpc) is 3.03. The average molecular weight is 328 g/mol. The molecule has 1 aliphatic carbocycles. The molecule has 1 heterocycles. The largest absolute Gasteiger partial charge is 0.476 e. The summed E-state index contributed by atoms with van der Waals surface area (Å²) >= 11 is 0. The van der Waals surface area contributed by atoms with Crippen LogP contribution in [-0.2, 0) is 6.18 Å². The molecule has 8 heteroatoms. The van der Waals surface area contributed by atoms with E-state index in [2.05, 4.69) is 32.8 Å². The highest BCUT2D eigenvalue weighted by molar-refractivity contribution is 5.80. The minimum Gasteiger partial charge on any atom is -0.476 e. The Bertz CT molecular complexity index is 547. The minimum atomic E-state index is -4.39. The van der Waals surface area contributed by atoms with E-state index in [0.29, 0.717) is 18.5 Å². The second kappa shape index (κ2) is 7.85. The number of alkyl halides is 3. The molecule has 0 saturated heterocycles. The number of rotatable bonds is 5. The van der Waals surface area contributed by atoms with Crippen LogP contribution in [0.4, 0.5) is 13.2 Å². The predicted molar refractivity (Wildman–Crippen MR) is 81.4 cm³/mol. The topological polar surface area (TPSA) is 58.5 Å². The molecule has 5 nitrogen and oxygen atoms in total. The zero-order chi connectivity index (χ0) is 16.7. The molecule has 0 amide bonds. The summed E-state index contributed by atoms with van der Waals surface area (Å²) in [4.78, 5) is 7.75. The van der Waals surface area contributed by atoms with Crippen molar-refractivity contribution in [2.45, 2.75) is 25.1 Å². The lowest BCUT2D eigenvalue weighted by molar-refractivity contribution is -0.137. The SMILES string of the molecule is CN=C(NCCOc1ccc(C(F)(F)F)cn1)NC1CC=CC1. The van der Waals surface area contributed by atoms with Crippen LogP contribution in [-0.4, -0.2) is 37.2 Å². The molecule has 0 unspecified atom stereocenters. The standard InChI is InChI=1S/C15H19F3N4O/c1-19-14(22-12-4-2-3-5-12)20-8-9-23-13-7-6-11(10-21-13)15(16,17)18/h2-3,6-7,10,12H,4-5,8-9H2,1H3,(H2,19,20,22). The third kappa shape index (κ3) is 5.46. The Morgan fingerprint density at radius 2 is 2.09 bits per heavy atom. The lowest BCUT2D eigenvalue weighted by Gasteiger charge is -2.17. The Labute approximate surface area is 132 Å². The third-order valence-corrected chi connectivity index (χ3v) is 3.28. The molecule has 1 aromatic heterocycles. The number of guanidine groups is 1. The number of nitrogens with one attached hydrogen (secondary N) is 2. The smallest absolute Gasteiger partial charge is 0.417 e. The Morgan fingerprint density at radius 3 is 2.65 bits per heavy atom. The molecule has 0 spiro atoms. The van der Waals surface area contributed by atoms with Crippen LogP contribution in [0.5, 0.6) is 5.88 Å². The monoisotopic (exact) mass is 328 g/mol. The molecular weight excluding hydrogens is 309 g/mol. The number of aliphatic imine (C=N–C) groups is 1. The highest BCUT2D eigenvalue weighted by atomic mass is 19.4. The summed E-state index contributed by atoms with van der Waals surface area (Å²) in [5.74, 6) is 0.824.